The number of hydrogen-bond acceptors (Lipinski definition) is 9. The number of amides is 2. The van der Waals surface area contributed by atoms with Crippen LogP contribution in [-0.4, -0.2) is 89.7 Å². The van der Waals surface area contributed by atoms with Gasteiger partial charge < -0.3 is 34.6 Å². The van der Waals surface area contributed by atoms with E-state index in [-0.39, 0.29) is 23.5 Å². The zero-order valence-corrected chi connectivity index (χ0v) is 22.2. The Morgan fingerprint density at radius 3 is 2.75 bits per heavy atom. The molecule has 1 saturated heterocycles. The number of carbonyl (C=O) groups is 2. The van der Waals surface area contributed by atoms with Gasteiger partial charge in [0, 0.05) is 65.5 Å². The molecule has 1 aromatic heterocycles. The number of anilines is 3. The molecule has 2 aliphatic rings. The van der Waals surface area contributed by atoms with Gasteiger partial charge in [-0.05, 0) is 31.0 Å². The van der Waals surface area contributed by atoms with Gasteiger partial charge in [0.05, 0.1) is 36.1 Å². The summed E-state index contributed by atoms with van der Waals surface area (Å²) in [6.45, 7) is 2.91. The fourth-order valence-corrected chi connectivity index (χ4v) is 5.61. The van der Waals surface area contributed by atoms with Crippen LogP contribution < -0.4 is 20.4 Å². The summed E-state index contributed by atoms with van der Waals surface area (Å²) in [6, 6.07) is 5.62. The van der Waals surface area contributed by atoms with E-state index in [2.05, 4.69) is 20.5 Å². The molecule has 2 amide bonds. The second-order valence-corrected chi connectivity index (χ2v) is 9.99. The summed E-state index contributed by atoms with van der Waals surface area (Å²) in [7, 11) is 6.89. The first-order valence-corrected chi connectivity index (χ1v) is 13.0. The number of methoxy groups -OCH3 is 3. The minimum absolute atomic E-state index is 0.00908. The van der Waals surface area contributed by atoms with Crippen LogP contribution in [0.1, 0.15) is 40.1 Å². The first-order valence-electron chi connectivity index (χ1n) is 12.1. The summed E-state index contributed by atoms with van der Waals surface area (Å²) < 4.78 is 15.8. The predicted molar refractivity (Wildman–Crippen MR) is 141 cm³/mol. The van der Waals surface area contributed by atoms with Crippen molar-refractivity contribution in [3.05, 3.63) is 34.8 Å². The van der Waals surface area contributed by atoms with Crippen LogP contribution in [-0.2, 0) is 14.2 Å². The van der Waals surface area contributed by atoms with Crippen molar-refractivity contribution in [2.45, 2.75) is 30.9 Å². The van der Waals surface area contributed by atoms with Crippen LogP contribution in [0.15, 0.2) is 23.6 Å². The third-order valence-corrected chi connectivity index (χ3v) is 7.83. The SMILES string of the molecule is COCCNC(=O)c1cc(N2CCCC23CC3OC)ccc1NC(=O)c1csc(N(C)CCOC)n1. The van der Waals surface area contributed by atoms with E-state index < -0.39 is 0 Å². The van der Waals surface area contributed by atoms with Crippen molar-refractivity contribution in [3.63, 3.8) is 0 Å². The average molecular weight is 518 g/mol. The molecule has 2 unspecified atom stereocenters. The van der Waals surface area contributed by atoms with Gasteiger partial charge in [-0.1, -0.05) is 0 Å². The summed E-state index contributed by atoms with van der Waals surface area (Å²) in [6.07, 6.45) is 3.35. The van der Waals surface area contributed by atoms with Gasteiger partial charge in [-0.15, -0.1) is 11.3 Å². The zero-order valence-electron chi connectivity index (χ0n) is 21.3. The van der Waals surface area contributed by atoms with Crippen molar-refractivity contribution in [3.8, 4) is 0 Å². The lowest BCUT2D eigenvalue weighted by molar-refractivity contribution is 0.0938. The Hall–Kier alpha value is -2.73. The van der Waals surface area contributed by atoms with E-state index in [1.54, 1.807) is 32.8 Å². The molecule has 2 fully saturated rings. The van der Waals surface area contributed by atoms with Gasteiger partial charge in [0.2, 0.25) is 0 Å². The summed E-state index contributed by atoms with van der Waals surface area (Å²) in [5, 5.41) is 8.21. The molecule has 0 bridgehead atoms. The number of nitrogens with one attached hydrogen (secondary N) is 2. The number of thiazole rings is 1. The molecule has 2 N–H and O–H groups in total. The Morgan fingerprint density at radius 1 is 1.22 bits per heavy atom. The van der Waals surface area contributed by atoms with Crippen LogP contribution in [0, 0.1) is 0 Å². The normalized spacial score (nSPS) is 20.6. The number of carbonyl (C=O) groups excluding carboxylic acids is 2. The third kappa shape index (κ3) is 5.49. The van der Waals surface area contributed by atoms with Crippen molar-refractivity contribution in [2.75, 3.05) is 76.3 Å². The quantitative estimate of drug-likeness (QED) is 0.414. The molecule has 0 radical (unpaired) electrons. The molecule has 2 aromatic rings. The van der Waals surface area contributed by atoms with Gasteiger partial charge in [-0.3, -0.25) is 9.59 Å². The van der Waals surface area contributed by atoms with Gasteiger partial charge in [0.25, 0.3) is 11.8 Å². The minimum atomic E-state index is -0.365. The third-order valence-electron chi connectivity index (χ3n) is 6.87. The summed E-state index contributed by atoms with van der Waals surface area (Å²) in [5.41, 5.74) is 2.11. The van der Waals surface area contributed by atoms with Gasteiger partial charge in [0.1, 0.15) is 5.69 Å². The predicted octanol–water partition coefficient (Wildman–Crippen LogP) is 2.61. The second kappa shape index (κ2) is 11.5. The molecule has 1 aliphatic carbocycles. The highest BCUT2D eigenvalue weighted by Crippen LogP contribution is 2.53. The number of rotatable bonds is 12. The van der Waals surface area contributed by atoms with Crippen molar-refractivity contribution in [2.24, 2.45) is 0 Å². The van der Waals surface area contributed by atoms with Gasteiger partial charge in [0.15, 0.2) is 5.13 Å². The Balaban J connectivity index is 1.55. The Kier molecular flexibility index (Phi) is 8.45. The largest absolute Gasteiger partial charge is 0.383 e. The maximum Gasteiger partial charge on any atom is 0.275 e. The minimum Gasteiger partial charge on any atom is -0.383 e. The lowest BCUT2D eigenvalue weighted by Crippen LogP contribution is -2.35. The fourth-order valence-electron chi connectivity index (χ4n) is 4.81. The summed E-state index contributed by atoms with van der Waals surface area (Å²) in [5.74, 6) is -0.634. The molecule has 196 valence electrons. The van der Waals surface area contributed by atoms with Crippen molar-refractivity contribution >= 4 is 39.7 Å². The van der Waals surface area contributed by atoms with Crippen molar-refractivity contribution in [1.82, 2.24) is 10.3 Å². The van der Waals surface area contributed by atoms with E-state index in [0.717, 1.165) is 36.6 Å². The first kappa shape index (κ1) is 26.3. The number of likely N-dealkylation sites (N-methyl/N-ethyl adjacent to an activating group) is 1. The van der Waals surface area contributed by atoms with E-state index in [4.69, 9.17) is 14.2 Å². The van der Waals surface area contributed by atoms with Crippen molar-refractivity contribution < 1.29 is 23.8 Å². The zero-order chi connectivity index (χ0) is 25.7. The highest BCUT2D eigenvalue weighted by molar-refractivity contribution is 7.13. The second-order valence-electron chi connectivity index (χ2n) is 9.15. The molecule has 2 atom stereocenters. The molecular formula is C25H35N5O5S. The van der Waals surface area contributed by atoms with Gasteiger partial charge >= 0.3 is 0 Å². The lowest BCUT2D eigenvalue weighted by atomic mass is 10.1. The Morgan fingerprint density at radius 2 is 2.03 bits per heavy atom. The molecule has 11 heteroatoms. The first-order chi connectivity index (χ1) is 17.4. The van der Waals surface area contributed by atoms with Crippen molar-refractivity contribution in [1.29, 1.82) is 0 Å². The molecule has 4 rings (SSSR count). The molecular weight excluding hydrogens is 482 g/mol. The van der Waals surface area contributed by atoms with E-state index in [1.165, 1.54) is 11.3 Å². The molecule has 36 heavy (non-hydrogen) atoms. The van der Waals surface area contributed by atoms with Crippen LogP contribution in [0.3, 0.4) is 0 Å². The van der Waals surface area contributed by atoms with E-state index in [1.807, 2.05) is 24.1 Å². The molecule has 1 saturated carbocycles. The van der Waals surface area contributed by atoms with E-state index >= 15 is 0 Å². The number of hydrogen-bond donors (Lipinski definition) is 2. The number of ether oxygens (including phenoxy) is 3. The van der Waals surface area contributed by atoms with Crippen LogP contribution >= 0.6 is 11.3 Å². The maximum atomic E-state index is 13.1. The maximum absolute atomic E-state index is 13.1. The number of aromatic nitrogens is 1. The summed E-state index contributed by atoms with van der Waals surface area (Å²) in [4.78, 5) is 34.9. The molecule has 1 aromatic carbocycles. The lowest BCUT2D eigenvalue weighted by Gasteiger charge is -2.28. The fraction of sp³-hybridized carbons (Fsp3) is 0.560. The molecule has 1 aliphatic heterocycles. The smallest absolute Gasteiger partial charge is 0.275 e. The van der Waals surface area contributed by atoms with Crippen LogP contribution in [0.2, 0.25) is 0 Å². The molecule has 1 spiro atoms. The Bertz CT molecular complexity index is 1080. The summed E-state index contributed by atoms with van der Waals surface area (Å²) >= 11 is 1.39. The molecule has 2 heterocycles. The van der Waals surface area contributed by atoms with Crippen LogP contribution in [0.4, 0.5) is 16.5 Å². The van der Waals surface area contributed by atoms with Crippen LogP contribution in [0.5, 0.6) is 0 Å². The van der Waals surface area contributed by atoms with E-state index in [9.17, 15) is 9.59 Å². The highest BCUT2D eigenvalue weighted by atomic mass is 32.1. The number of nitrogens with zero attached hydrogens (tertiary/aromatic N) is 3. The number of benzene rings is 1. The van der Waals surface area contributed by atoms with E-state index in [0.29, 0.717) is 43.2 Å². The monoisotopic (exact) mass is 517 g/mol. The van der Waals surface area contributed by atoms with Gasteiger partial charge in [-0.2, -0.15) is 0 Å². The van der Waals surface area contributed by atoms with Crippen LogP contribution in [0.25, 0.3) is 0 Å². The molecule has 10 nitrogen and oxygen atoms in total. The highest BCUT2D eigenvalue weighted by Gasteiger charge is 2.61. The standard InChI is InChI=1S/C25H35N5O5S/c1-29(11-13-34-3)24-28-20(16-36-24)23(32)27-19-7-6-17(14-18(19)22(31)26-9-12-33-2)30-10-5-8-25(30)15-21(25)35-4/h6-7,14,16,21H,5,8-13,15H2,1-4H3,(H,26,31)(H,27,32). The Labute approximate surface area is 215 Å². The van der Waals surface area contributed by atoms with Gasteiger partial charge in [-0.25, -0.2) is 4.98 Å². The average Bonchev–Trinajstić information content (AvgIpc) is 3.19. The topological polar surface area (TPSA) is 105 Å².